The highest BCUT2D eigenvalue weighted by molar-refractivity contribution is 5.78. The smallest absolute Gasteiger partial charge is 0.273 e. The van der Waals surface area contributed by atoms with E-state index in [-0.39, 0.29) is 29.8 Å². The van der Waals surface area contributed by atoms with E-state index in [0.29, 0.717) is 37.6 Å². The van der Waals surface area contributed by atoms with Gasteiger partial charge in [0, 0.05) is 32.2 Å². The van der Waals surface area contributed by atoms with Crippen LogP contribution in [0.2, 0.25) is 0 Å². The molecular weight excluding hydrogens is 369 g/mol. The third-order valence-corrected chi connectivity index (χ3v) is 4.53. The lowest BCUT2D eigenvalue weighted by molar-refractivity contribution is -0.385. The summed E-state index contributed by atoms with van der Waals surface area (Å²) in [5, 5.41) is 10.9. The summed E-state index contributed by atoms with van der Waals surface area (Å²) in [6, 6.07) is 10.5. The monoisotopic (exact) mass is 389 g/mol. The Morgan fingerprint density at radius 2 is 1.86 bits per heavy atom. The van der Waals surface area contributed by atoms with Crippen molar-refractivity contribution in [2.24, 2.45) is 0 Å². The lowest BCUT2D eigenvalue weighted by Gasteiger charge is -2.36. The summed E-state index contributed by atoms with van der Waals surface area (Å²) in [5.41, 5.74) is 0.369. The Morgan fingerprint density at radius 3 is 2.50 bits per heavy atom. The first-order valence-electron chi connectivity index (χ1n) is 8.72. The van der Waals surface area contributed by atoms with Crippen molar-refractivity contribution < 1.29 is 23.6 Å². The number of benzene rings is 2. The van der Waals surface area contributed by atoms with Crippen molar-refractivity contribution in [2.45, 2.75) is 0 Å². The maximum absolute atomic E-state index is 13.9. The minimum Gasteiger partial charge on any atom is -0.493 e. The number of amides is 1. The highest BCUT2D eigenvalue weighted by Gasteiger charge is 2.23. The van der Waals surface area contributed by atoms with Crippen LogP contribution in [0.4, 0.5) is 15.8 Å². The van der Waals surface area contributed by atoms with Crippen LogP contribution in [0.15, 0.2) is 42.5 Å². The third kappa shape index (κ3) is 4.30. The van der Waals surface area contributed by atoms with Crippen LogP contribution < -0.4 is 14.4 Å². The molecule has 3 rings (SSSR count). The van der Waals surface area contributed by atoms with Gasteiger partial charge in [0.15, 0.2) is 18.1 Å². The molecule has 0 aliphatic carbocycles. The molecule has 1 fully saturated rings. The molecule has 2 aromatic carbocycles. The Balaban J connectivity index is 1.57. The topological polar surface area (TPSA) is 85.2 Å². The number of methoxy groups -OCH3 is 1. The normalized spacial score (nSPS) is 13.9. The van der Waals surface area contributed by atoms with E-state index in [1.807, 2.05) is 4.90 Å². The van der Waals surface area contributed by atoms with Gasteiger partial charge in [-0.2, -0.15) is 0 Å². The van der Waals surface area contributed by atoms with Gasteiger partial charge in [0.1, 0.15) is 5.82 Å². The van der Waals surface area contributed by atoms with Crippen LogP contribution in [-0.4, -0.2) is 55.6 Å². The number of ether oxygens (including phenoxy) is 2. The van der Waals surface area contributed by atoms with E-state index in [0.717, 1.165) is 0 Å². The molecule has 9 heteroatoms. The molecule has 1 saturated heterocycles. The molecule has 1 amide bonds. The number of hydrogen-bond acceptors (Lipinski definition) is 6. The second kappa shape index (κ2) is 8.55. The second-order valence-electron chi connectivity index (χ2n) is 6.20. The van der Waals surface area contributed by atoms with Crippen LogP contribution in [0.25, 0.3) is 0 Å². The van der Waals surface area contributed by atoms with Crippen LogP contribution in [0.3, 0.4) is 0 Å². The van der Waals surface area contributed by atoms with Crippen LogP contribution in [0.5, 0.6) is 11.5 Å². The van der Waals surface area contributed by atoms with Gasteiger partial charge in [0.2, 0.25) is 0 Å². The van der Waals surface area contributed by atoms with Crippen LogP contribution in [0, 0.1) is 15.9 Å². The lowest BCUT2D eigenvalue weighted by Crippen LogP contribution is -2.50. The largest absolute Gasteiger partial charge is 0.493 e. The number of nitro benzene ring substituents is 1. The van der Waals surface area contributed by atoms with Crippen molar-refractivity contribution in [3.05, 3.63) is 58.4 Å². The Hall–Kier alpha value is -3.36. The van der Waals surface area contributed by atoms with Gasteiger partial charge < -0.3 is 19.3 Å². The van der Waals surface area contributed by atoms with Crippen LogP contribution in [-0.2, 0) is 4.79 Å². The van der Waals surface area contributed by atoms with Gasteiger partial charge in [-0.15, -0.1) is 0 Å². The Labute approximate surface area is 161 Å². The fourth-order valence-corrected chi connectivity index (χ4v) is 3.03. The summed E-state index contributed by atoms with van der Waals surface area (Å²) in [4.78, 5) is 26.3. The molecule has 0 aromatic heterocycles. The van der Waals surface area contributed by atoms with Crippen molar-refractivity contribution in [1.29, 1.82) is 0 Å². The lowest BCUT2D eigenvalue weighted by atomic mass is 10.2. The van der Waals surface area contributed by atoms with Gasteiger partial charge in [-0.3, -0.25) is 14.9 Å². The molecule has 2 aromatic rings. The summed E-state index contributed by atoms with van der Waals surface area (Å²) in [6.07, 6.45) is 0. The van der Waals surface area contributed by atoms with Crippen molar-refractivity contribution in [3.8, 4) is 11.5 Å². The highest BCUT2D eigenvalue weighted by Crippen LogP contribution is 2.31. The van der Waals surface area contributed by atoms with Crippen molar-refractivity contribution in [2.75, 3.05) is 44.8 Å². The summed E-state index contributed by atoms with van der Waals surface area (Å²) in [6.45, 7) is 1.61. The second-order valence-corrected chi connectivity index (χ2v) is 6.20. The Kier molecular flexibility index (Phi) is 5.93. The van der Waals surface area contributed by atoms with Crippen molar-refractivity contribution >= 4 is 17.3 Å². The zero-order valence-corrected chi connectivity index (χ0v) is 15.3. The fraction of sp³-hybridized carbons (Fsp3) is 0.316. The van der Waals surface area contributed by atoms with E-state index in [1.54, 1.807) is 23.1 Å². The molecule has 0 unspecified atom stereocenters. The number of carbonyl (C=O) groups excluding carboxylic acids is 1. The minimum atomic E-state index is -0.546. The van der Waals surface area contributed by atoms with Gasteiger partial charge in [0.05, 0.1) is 23.8 Å². The van der Waals surface area contributed by atoms with Gasteiger partial charge in [-0.1, -0.05) is 12.1 Å². The number of para-hydroxylation sites is 1. The van der Waals surface area contributed by atoms with Crippen molar-refractivity contribution in [1.82, 2.24) is 4.90 Å². The summed E-state index contributed by atoms with van der Waals surface area (Å²) < 4.78 is 24.5. The van der Waals surface area contributed by atoms with E-state index < -0.39 is 4.92 Å². The number of halogens is 1. The summed E-state index contributed by atoms with van der Waals surface area (Å²) in [5.74, 6) is -0.0945. The number of anilines is 1. The van der Waals surface area contributed by atoms with E-state index in [9.17, 15) is 19.3 Å². The van der Waals surface area contributed by atoms with E-state index in [4.69, 9.17) is 9.47 Å². The number of nitrogens with zero attached hydrogens (tertiary/aromatic N) is 3. The zero-order valence-electron chi connectivity index (χ0n) is 15.3. The zero-order chi connectivity index (χ0) is 20.1. The van der Waals surface area contributed by atoms with E-state index in [1.165, 1.54) is 31.4 Å². The molecule has 1 aliphatic rings. The quantitative estimate of drug-likeness (QED) is 0.557. The van der Waals surface area contributed by atoms with Crippen LogP contribution >= 0.6 is 0 Å². The highest BCUT2D eigenvalue weighted by atomic mass is 19.1. The summed E-state index contributed by atoms with van der Waals surface area (Å²) >= 11 is 0. The molecule has 0 saturated carbocycles. The van der Waals surface area contributed by atoms with Crippen LogP contribution in [0.1, 0.15) is 0 Å². The maximum Gasteiger partial charge on any atom is 0.273 e. The predicted molar refractivity (Wildman–Crippen MR) is 100 cm³/mol. The number of carbonyl (C=O) groups is 1. The Morgan fingerprint density at radius 1 is 1.14 bits per heavy atom. The average Bonchev–Trinajstić information content (AvgIpc) is 2.72. The molecule has 0 atom stereocenters. The molecule has 0 N–H and O–H groups in total. The molecule has 0 radical (unpaired) electrons. The molecule has 1 heterocycles. The third-order valence-electron chi connectivity index (χ3n) is 4.53. The first-order valence-corrected chi connectivity index (χ1v) is 8.72. The number of rotatable bonds is 6. The molecular formula is C19H20FN3O5. The average molecular weight is 389 g/mol. The number of piperazine rings is 1. The number of nitro groups is 1. The molecule has 0 spiro atoms. The van der Waals surface area contributed by atoms with Crippen molar-refractivity contribution in [3.63, 3.8) is 0 Å². The molecule has 148 valence electrons. The standard InChI is InChI=1S/C19H20FN3O5/c1-27-17-7-6-14(23(25)26)12-18(17)28-13-19(24)22-10-8-21(9-11-22)16-5-3-2-4-15(16)20/h2-7,12H,8-11,13H2,1H3. The van der Waals surface area contributed by atoms with E-state index >= 15 is 0 Å². The molecule has 1 aliphatic heterocycles. The first kappa shape index (κ1) is 19.4. The number of hydrogen-bond donors (Lipinski definition) is 0. The molecule has 28 heavy (non-hydrogen) atoms. The Bertz CT molecular complexity index is 868. The van der Waals surface area contributed by atoms with Gasteiger partial charge in [0.25, 0.3) is 11.6 Å². The van der Waals surface area contributed by atoms with Gasteiger partial charge in [-0.05, 0) is 18.2 Å². The summed E-state index contributed by atoms with van der Waals surface area (Å²) in [7, 11) is 1.41. The molecule has 8 nitrogen and oxygen atoms in total. The van der Waals surface area contributed by atoms with E-state index in [2.05, 4.69) is 0 Å². The predicted octanol–water partition coefficient (Wildman–Crippen LogP) is 2.47. The van der Waals surface area contributed by atoms with Gasteiger partial charge in [-0.25, -0.2) is 4.39 Å². The van der Waals surface area contributed by atoms with Gasteiger partial charge >= 0.3 is 0 Å². The SMILES string of the molecule is COc1ccc([N+](=O)[O-])cc1OCC(=O)N1CCN(c2ccccc2F)CC1. The minimum absolute atomic E-state index is 0.134. The maximum atomic E-state index is 13.9. The number of non-ortho nitro benzene ring substituents is 1. The fourth-order valence-electron chi connectivity index (χ4n) is 3.03. The molecule has 0 bridgehead atoms. The first-order chi connectivity index (χ1) is 13.5.